The van der Waals surface area contributed by atoms with E-state index in [-0.39, 0.29) is 11.8 Å². The standard InChI is InChI=1S/C10H18N4O2/c1-14(2)7-3-6-11-10(16)8-4-5-9(15)13-12-8/h3-7H2,1-2H3,(H,11,16)(H,13,15). The van der Waals surface area contributed by atoms with Crippen LogP contribution in [0.15, 0.2) is 5.10 Å². The maximum Gasteiger partial charge on any atom is 0.267 e. The maximum absolute atomic E-state index is 11.5. The number of nitrogens with zero attached hydrogens (tertiary/aromatic N) is 2. The number of rotatable bonds is 5. The Morgan fingerprint density at radius 2 is 2.25 bits per heavy atom. The molecule has 6 heteroatoms. The molecule has 1 aliphatic heterocycles. The summed E-state index contributed by atoms with van der Waals surface area (Å²) in [6.07, 6.45) is 1.66. The fraction of sp³-hybridized carbons (Fsp3) is 0.700. The number of amides is 2. The molecule has 0 fully saturated rings. The highest BCUT2D eigenvalue weighted by atomic mass is 16.2. The Kier molecular flexibility index (Phi) is 4.91. The molecule has 2 N–H and O–H groups in total. The van der Waals surface area contributed by atoms with Gasteiger partial charge in [0.2, 0.25) is 5.91 Å². The first kappa shape index (κ1) is 12.6. The molecule has 0 bridgehead atoms. The van der Waals surface area contributed by atoms with Gasteiger partial charge in [-0.15, -0.1) is 0 Å². The summed E-state index contributed by atoms with van der Waals surface area (Å²) in [6, 6.07) is 0. The third-order valence-electron chi connectivity index (χ3n) is 2.23. The second-order valence-corrected chi connectivity index (χ2v) is 4.01. The van der Waals surface area contributed by atoms with E-state index in [9.17, 15) is 9.59 Å². The van der Waals surface area contributed by atoms with Crippen LogP contribution in [-0.4, -0.2) is 49.6 Å². The Bertz CT molecular complexity index is 299. The molecule has 16 heavy (non-hydrogen) atoms. The van der Waals surface area contributed by atoms with Crippen LogP contribution in [0, 0.1) is 0 Å². The number of hydrogen-bond donors (Lipinski definition) is 2. The minimum atomic E-state index is -0.182. The third-order valence-corrected chi connectivity index (χ3v) is 2.23. The molecule has 0 aliphatic carbocycles. The summed E-state index contributed by atoms with van der Waals surface area (Å²) in [4.78, 5) is 24.4. The summed E-state index contributed by atoms with van der Waals surface area (Å²) in [5.41, 5.74) is 2.71. The van der Waals surface area contributed by atoms with E-state index >= 15 is 0 Å². The largest absolute Gasteiger partial charge is 0.351 e. The zero-order valence-electron chi connectivity index (χ0n) is 9.75. The number of carbonyl (C=O) groups excluding carboxylic acids is 2. The van der Waals surface area contributed by atoms with Crippen LogP contribution in [0.3, 0.4) is 0 Å². The topological polar surface area (TPSA) is 73.8 Å². The van der Waals surface area contributed by atoms with Gasteiger partial charge in [-0.1, -0.05) is 0 Å². The zero-order valence-corrected chi connectivity index (χ0v) is 9.75. The smallest absolute Gasteiger partial charge is 0.267 e. The van der Waals surface area contributed by atoms with E-state index in [1.807, 2.05) is 14.1 Å². The lowest BCUT2D eigenvalue weighted by molar-refractivity contribution is -0.121. The summed E-state index contributed by atoms with van der Waals surface area (Å²) in [5, 5.41) is 6.49. The summed E-state index contributed by atoms with van der Waals surface area (Å²) >= 11 is 0. The Morgan fingerprint density at radius 1 is 1.50 bits per heavy atom. The van der Waals surface area contributed by atoms with Crippen LogP contribution >= 0.6 is 0 Å². The van der Waals surface area contributed by atoms with Crippen molar-refractivity contribution in [2.45, 2.75) is 19.3 Å². The lowest BCUT2D eigenvalue weighted by Crippen LogP contribution is -2.37. The molecule has 90 valence electrons. The van der Waals surface area contributed by atoms with Gasteiger partial charge in [0.15, 0.2) is 0 Å². The predicted octanol–water partition coefficient (Wildman–Crippen LogP) is -0.680. The summed E-state index contributed by atoms with van der Waals surface area (Å²) in [6.45, 7) is 1.56. The summed E-state index contributed by atoms with van der Waals surface area (Å²) in [5.74, 6) is -0.317. The quantitative estimate of drug-likeness (QED) is 0.610. The average Bonchev–Trinajstić information content (AvgIpc) is 2.25. The molecule has 1 heterocycles. The van der Waals surface area contributed by atoms with E-state index in [0.29, 0.717) is 25.1 Å². The van der Waals surface area contributed by atoms with Gasteiger partial charge in [-0.3, -0.25) is 9.59 Å². The van der Waals surface area contributed by atoms with Gasteiger partial charge in [0.1, 0.15) is 5.71 Å². The molecular formula is C10H18N4O2. The Labute approximate surface area is 95.1 Å². The number of hydrogen-bond acceptors (Lipinski definition) is 4. The summed E-state index contributed by atoms with van der Waals surface area (Å²) in [7, 11) is 3.98. The monoisotopic (exact) mass is 226 g/mol. The number of hydrazone groups is 1. The number of carbonyl (C=O) groups is 2. The molecule has 0 spiro atoms. The highest BCUT2D eigenvalue weighted by molar-refractivity contribution is 6.39. The zero-order chi connectivity index (χ0) is 12.0. The van der Waals surface area contributed by atoms with E-state index in [2.05, 4.69) is 20.7 Å². The lowest BCUT2D eigenvalue weighted by Gasteiger charge is -2.13. The van der Waals surface area contributed by atoms with Gasteiger partial charge in [0.05, 0.1) is 0 Å². The van der Waals surface area contributed by atoms with Crippen LogP contribution in [0.1, 0.15) is 19.3 Å². The first-order chi connectivity index (χ1) is 7.59. The lowest BCUT2D eigenvalue weighted by atomic mass is 10.1. The van der Waals surface area contributed by atoms with Crippen LogP contribution in [0.4, 0.5) is 0 Å². The Balaban J connectivity index is 2.22. The highest BCUT2D eigenvalue weighted by Crippen LogP contribution is 1.99. The van der Waals surface area contributed by atoms with E-state index in [4.69, 9.17) is 0 Å². The van der Waals surface area contributed by atoms with Gasteiger partial charge in [0.25, 0.3) is 5.91 Å². The molecule has 0 aromatic rings. The minimum absolute atomic E-state index is 0.135. The first-order valence-electron chi connectivity index (χ1n) is 5.38. The van der Waals surface area contributed by atoms with Crippen LogP contribution in [0.2, 0.25) is 0 Å². The van der Waals surface area contributed by atoms with Gasteiger partial charge >= 0.3 is 0 Å². The number of nitrogens with one attached hydrogen (secondary N) is 2. The Morgan fingerprint density at radius 3 is 2.81 bits per heavy atom. The SMILES string of the molecule is CN(C)CCCNC(=O)C1=NNC(=O)CC1. The van der Waals surface area contributed by atoms with Crippen molar-refractivity contribution in [3.8, 4) is 0 Å². The molecule has 1 aliphatic rings. The molecular weight excluding hydrogens is 208 g/mol. The van der Waals surface area contributed by atoms with Gasteiger partial charge in [-0.2, -0.15) is 5.10 Å². The van der Waals surface area contributed by atoms with Crippen molar-refractivity contribution < 1.29 is 9.59 Å². The van der Waals surface area contributed by atoms with Crippen LogP contribution in [-0.2, 0) is 9.59 Å². The molecule has 1 rings (SSSR count). The van der Waals surface area contributed by atoms with Gasteiger partial charge < -0.3 is 10.2 Å². The fourth-order valence-electron chi connectivity index (χ4n) is 1.34. The second-order valence-electron chi connectivity index (χ2n) is 4.01. The van der Waals surface area contributed by atoms with Crippen molar-refractivity contribution in [3.05, 3.63) is 0 Å². The van der Waals surface area contributed by atoms with Crippen molar-refractivity contribution in [2.24, 2.45) is 5.10 Å². The van der Waals surface area contributed by atoms with Crippen molar-refractivity contribution in [3.63, 3.8) is 0 Å². The summed E-state index contributed by atoms with van der Waals surface area (Å²) < 4.78 is 0. The first-order valence-corrected chi connectivity index (χ1v) is 5.38. The van der Waals surface area contributed by atoms with Crippen LogP contribution in [0.5, 0.6) is 0 Å². The van der Waals surface area contributed by atoms with E-state index in [0.717, 1.165) is 13.0 Å². The van der Waals surface area contributed by atoms with Gasteiger partial charge in [-0.05, 0) is 27.1 Å². The minimum Gasteiger partial charge on any atom is -0.351 e. The maximum atomic E-state index is 11.5. The molecule has 0 aromatic heterocycles. The van der Waals surface area contributed by atoms with Crippen molar-refractivity contribution in [1.29, 1.82) is 0 Å². The van der Waals surface area contributed by atoms with Crippen molar-refractivity contribution in [1.82, 2.24) is 15.6 Å². The second kappa shape index (κ2) is 6.22. The van der Waals surface area contributed by atoms with E-state index < -0.39 is 0 Å². The van der Waals surface area contributed by atoms with Crippen molar-refractivity contribution in [2.75, 3.05) is 27.2 Å². The normalized spacial score (nSPS) is 15.7. The molecule has 0 saturated heterocycles. The van der Waals surface area contributed by atoms with Crippen molar-refractivity contribution >= 4 is 17.5 Å². The molecule has 0 aromatic carbocycles. The molecule has 6 nitrogen and oxygen atoms in total. The third kappa shape index (κ3) is 4.39. The predicted molar refractivity (Wildman–Crippen MR) is 61.0 cm³/mol. The molecule has 0 atom stereocenters. The Hall–Kier alpha value is -1.43. The fourth-order valence-corrected chi connectivity index (χ4v) is 1.34. The highest BCUT2D eigenvalue weighted by Gasteiger charge is 2.17. The van der Waals surface area contributed by atoms with Crippen LogP contribution in [0.25, 0.3) is 0 Å². The molecule has 0 unspecified atom stereocenters. The van der Waals surface area contributed by atoms with E-state index in [1.54, 1.807) is 0 Å². The van der Waals surface area contributed by atoms with Crippen LogP contribution < -0.4 is 10.7 Å². The molecule has 0 radical (unpaired) electrons. The van der Waals surface area contributed by atoms with Gasteiger partial charge in [0, 0.05) is 19.4 Å². The molecule has 0 saturated carbocycles. The van der Waals surface area contributed by atoms with E-state index in [1.165, 1.54) is 0 Å². The average molecular weight is 226 g/mol. The molecule has 2 amide bonds. The van der Waals surface area contributed by atoms with Gasteiger partial charge in [-0.25, -0.2) is 5.43 Å².